The Kier molecular flexibility index (Phi) is 7.82. The molecule has 1 saturated carbocycles. The van der Waals surface area contributed by atoms with E-state index in [4.69, 9.17) is 9.47 Å². The topological polar surface area (TPSA) is 33.7 Å². The maximum Gasteiger partial charge on any atom is 0.0589 e. The average molecular weight is 258 g/mol. The molecule has 0 amide bonds. The van der Waals surface area contributed by atoms with E-state index in [-0.39, 0.29) is 0 Å². The SMILES string of the molecule is COCCN(CCOC)C1CCC1CNC(C)C. The molecule has 2 unspecified atom stereocenters. The molecule has 2 atom stereocenters. The lowest BCUT2D eigenvalue weighted by Crippen LogP contribution is -2.52. The molecule has 0 aliphatic heterocycles. The molecule has 4 nitrogen and oxygen atoms in total. The van der Waals surface area contributed by atoms with Crippen molar-refractivity contribution in [2.45, 2.75) is 38.8 Å². The number of rotatable bonds is 10. The second-order valence-corrected chi connectivity index (χ2v) is 5.49. The highest BCUT2D eigenvalue weighted by atomic mass is 16.5. The zero-order valence-corrected chi connectivity index (χ0v) is 12.4. The summed E-state index contributed by atoms with van der Waals surface area (Å²) in [6.07, 6.45) is 2.67. The van der Waals surface area contributed by atoms with Crippen LogP contribution >= 0.6 is 0 Å². The Morgan fingerprint density at radius 1 is 1.11 bits per heavy atom. The van der Waals surface area contributed by atoms with E-state index in [2.05, 4.69) is 24.1 Å². The van der Waals surface area contributed by atoms with E-state index in [1.54, 1.807) is 14.2 Å². The molecule has 0 heterocycles. The molecule has 108 valence electrons. The molecular weight excluding hydrogens is 228 g/mol. The third kappa shape index (κ3) is 5.22. The van der Waals surface area contributed by atoms with Crippen molar-refractivity contribution >= 4 is 0 Å². The minimum Gasteiger partial charge on any atom is -0.383 e. The molecule has 0 aromatic carbocycles. The predicted molar refractivity (Wildman–Crippen MR) is 75.0 cm³/mol. The molecule has 1 rings (SSSR count). The van der Waals surface area contributed by atoms with Gasteiger partial charge in [0.2, 0.25) is 0 Å². The summed E-state index contributed by atoms with van der Waals surface area (Å²) in [4.78, 5) is 2.53. The summed E-state index contributed by atoms with van der Waals surface area (Å²) in [6.45, 7) is 9.21. The first-order chi connectivity index (χ1) is 8.69. The van der Waals surface area contributed by atoms with Gasteiger partial charge in [-0.15, -0.1) is 0 Å². The average Bonchev–Trinajstić information content (AvgIpc) is 2.30. The van der Waals surface area contributed by atoms with E-state index in [1.807, 2.05) is 0 Å². The van der Waals surface area contributed by atoms with Gasteiger partial charge in [0.25, 0.3) is 0 Å². The minimum absolute atomic E-state index is 0.581. The zero-order valence-electron chi connectivity index (χ0n) is 12.4. The van der Waals surface area contributed by atoms with Crippen LogP contribution in [0.1, 0.15) is 26.7 Å². The smallest absolute Gasteiger partial charge is 0.0589 e. The van der Waals surface area contributed by atoms with Crippen molar-refractivity contribution in [2.75, 3.05) is 47.1 Å². The number of hydrogen-bond donors (Lipinski definition) is 1. The fourth-order valence-corrected chi connectivity index (χ4v) is 2.52. The Morgan fingerprint density at radius 2 is 1.72 bits per heavy atom. The Labute approximate surface area is 112 Å². The van der Waals surface area contributed by atoms with E-state index < -0.39 is 0 Å². The van der Waals surface area contributed by atoms with Crippen LogP contribution in [0.15, 0.2) is 0 Å². The van der Waals surface area contributed by atoms with Crippen LogP contribution in [-0.2, 0) is 9.47 Å². The van der Waals surface area contributed by atoms with Gasteiger partial charge in [0.15, 0.2) is 0 Å². The molecule has 0 aromatic rings. The van der Waals surface area contributed by atoms with E-state index in [0.717, 1.165) is 38.8 Å². The van der Waals surface area contributed by atoms with Gasteiger partial charge in [0, 0.05) is 39.4 Å². The number of nitrogens with one attached hydrogen (secondary N) is 1. The van der Waals surface area contributed by atoms with Crippen LogP contribution in [0.3, 0.4) is 0 Å². The Balaban J connectivity index is 2.35. The number of methoxy groups -OCH3 is 2. The molecule has 0 bridgehead atoms. The quantitative estimate of drug-likeness (QED) is 0.641. The molecule has 1 N–H and O–H groups in total. The summed E-state index contributed by atoms with van der Waals surface area (Å²) in [6, 6.07) is 1.29. The molecule has 0 radical (unpaired) electrons. The first kappa shape index (κ1) is 15.9. The van der Waals surface area contributed by atoms with Gasteiger partial charge in [-0.05, 0) is 25.3 Å². The maximum atomic E-state index is 5.21. The van der Waals surface area contributed by atoms with Crippen LogP contribution in [0.2, 0.25) is 0 Å². The summed E-state index contributed by atoms with van der Waals surface area (Å²) in [7, 11) is 3.54. The molecule has 0 aromatic heterocycles. The molecule has 1 fully saturated rings. The highest BCUT2D eigenvalue weighted by Gasteiger charge is 2.34. The Morgan fingerprint density at radius 3 is 2.11 bits per heavy atom. The van der Waals surface area contributed by atoms with Gasteiger partial charge < -0.3 is 14.8 Å². The summed E-state index contributed by atoms with van der Waals surface area (Å²) in [5, 5.41) is 3.56. The second kappa shape index (κ2) is 8.86. The van der Waals surface area contributed by atoms with Crippen molar-refractivity contribution < 1.29 is 9.47 Å². The largest absolute Gasteiger partial charge is 0.383 e. The van der Waals surface area contributed by atoms with E-state index in [9.17, 15) is 0 Å². The molecule has 1 aliphatic carbocycles. The van der Waals surface area contributed by atoms with Crippen molar-refractivity contribution in [1.82, 2.24) is 10.2 Å². The summed E-state index contributed by atoms with van der Waals surface area (Å²) in [5.41, 5.74) is 0. The lowest BCUT2D eigenvalue weighted by molar-refractivity contribution is 0.0222. The lowest BCUT2D eigenvalue weighted by Gasteiger charge is -2.45. The second-order valence-electron chi connectivity index (χ2n) is 5.49. The summed E-state index contributed by atoms with van der Waals surface area (Å²) < 4.78 is 10.4. The number of ether oxygens (including phenoxy) is 2. The number of nitrogens with zero attached hydrogens (tertiary/aromatic N) is 1. The maximum absolute atomic E-state index is 5.21. The third-order valence-corrected chi connectivity index (χ3v) is 3.80. The van der Waals surface area contributed by atoms with Crippen molar-refractivity contribution in [2.24, 2.45) is 5.92 Å². The zero-order chi connectivity index (χ0) is 13.4. The normalized spacial score (nSPS) is 23.7. The highest BCUT2D eigenvalue weighted by molar-refractivity contribution is 4.90. The van der Waals surface area contributed by atoms with E-state index >= 15 is 0 Å². The third-order valence-electron chi connectivity index (χ3n) is 3.80. The molecule has 1 aliphatic rings. The molecule has 4 heteroatoms. The van der Waals surface area contributed by atoms with Crippen LogP contribution in [0.25, 0.3) is 0 Å². The van der Waals surface area contributed by atoms with Gasteiger partial charge >= 0.3 is 0 Å². The van der Waals surface area contributed by atoms with Crippen molar-refractivity contribution in [3.63, 3.8) is 0 Å². The van der Waals surface area contributed by atoms with Crippen molar-refractivity contribution in [3.8, 4) is 0 Å². The van der Waals surface area contributed by atoms with Crippen LogP contribution in [0.4, 0.5) is 0 Å². The summed E-state index contributed by atoms with van der Waals surface area (Å²) >= 11 is 0. The van der Waals surface area contributed by atoms with E-state index in [1.165, 1.54) is 12.8 Å². The molecule has 0 spiro atoms. The van der Waals surface area contributed by atoms with Gasteiger partial charge in [0.05, 0.1) is 13.2 Å². The molecular formula is C14H30N2O2. The van der Waals surface area contributed by atoms with Gasteiger partial charge in [-0.1, -0.05) is 13.8 Å². The van der Waals surface area contributed by atoms with Crippen LogP contribution in [-0.4, -0.2) is 64.1 Å². The first-order valence-corrected chi connectivity index (χ1v) is 7.14. The Bertz CT molecular complexity index is 204. The molecule has 0 saturated heterocycles. The minimum atomic E-state index is 0.581. The van der Waals surface area contributed by atoms with Crippen LogP contribution < -0.4 is 5.32 Å². The number of hydrogen-bond acceptors (Lipinski definition) is 4. The van der Waals surface area contributed by atoms with Gasteiger partial charge in [0.1, 0.15) is 0 Å². The fraction of sp³-hybridized carbons (Fsp3) is 1.00. The molecule has 18 heavy (non-hydrogen) atoms. The predicted octanol–water partition coefficient (Wildman–Crippen LogP) is 1.36. The standard InChI is InChI=1S/C14H30N2O2/c1-12(2)15-11-13-5-6-14(13)16(7-9-17-3)8-10-18-4/h12-15H,5-11H2,1-4H3. The van der Waals surface area contributed by atoms with Crippen LogP contribution in [0.5, 0.6) is 0 Å². The first-order valence-electron chi connectivity index (χ1n) is 7.14. The van der Waals surface area contributed by atoms with Crippen molar-refractivity contribution in [3.05, 3.63) is 0 Å². The van der Waals surface area contributed by atoms with E-state index in [0.29, 0.717) is 12.1 Å². The van der Waals surface area contributed by atoms with Crippen LogP contribution in [0, 0.1) is 5.92 Å². The van der Waals surface area contributed by atoms with Gasteiger partial charge in [-0.3, -0.25) is 4.90 Å². The highest BCUT2D eigenvalue weighted by Crippen LogP contribution is 2.31. The fourth-order valence-electron chi connectivity index (χ4n) is 2.52. The van der Waals surface area contributed by atoms with Crippen molar-refractivity contribution in [1.29, 1.82) is 0 Å². The Hall–Kier alpha value is -0.160. The van der Waals surface area contributed by atoms with Gasteiger partial charge in [-0.25, -0.2) is 0 Å². The monoisotopic (exact) mass is 258 g/mol. The summed E-state index contributed by atoms with van der Waals surface area (Å²) in [5.74, 6) is 0.793. The lowest BCUT2D eigenvalue weighted by atomic mass is 9.78. The van der Waals surface area contributed by atoms with Gasteiger partial charge in [-0.2, -0.15) is 0 Å².